The molecule has 33 heavy (non-hydrogen) atoms. The number of carbonyl (C=O) groups excluding carboxylic acids is 1. The predicted molar refractivity (Wildman–Crippen MR) is 135 cm³/mol. The highest BCUT2D eigenvalue weighted by atomic mass is 32.1. The molecule has 3 heterocycles. The van der Waals surface area contributed by atoms with Gasteiger partial charge in [-0.1, -0.05) is 38.1 Å². The van der Waals surface area contributed by atoms with Gasteiger partial charge in [-0.15, -0.1) is 22.7 Å². The quantitative estimate of drug-likeness (QED) is 0.428. The Morgan fingerprint density at radius 3 is 2.48 bits per heavy atom. The molecule has 0 aliphatic carbocycles. The van der Waals surface area contributed by atoms with E-state index in [2.05, 4.69) is 48.4 Å². The molecule has 0 saturated carbocycles. The maximum atomic E-state index is 12.7. The summed E-state index contributed by atoms with van der Waals surface area (Å²) >= 11 is 2.66. The summed E-state index contributed by atoms with van der Waals surface area (Å²) in [7, 11) is 3.07. The molecule has 0 aliphatic heterocycles. The van der Waals surface area contributed by atoms with E-state index in [1.807, 2.05) is 5.38 Å². The first kappa shape index (κ1) is 23.1. The highest BCUT2D eigenvalue weighted by Gasteiger charge is 2.17. The van der Waals surface area contributed by atoms with E-state index in [4.69, 9.17) is 0 Å². The lowest BCUT2D eigenvalue weighted by atomic mass is 10.0. The molecule has 9 heteroatoms. The maximum Gasteiger partial charge on any atom is 0.331 e. The Balaban J connectivity index is 1.47. The van der Waals surface area contributed by atoms with Crippen molar-refractivity contribution in [3.05, 3.63) is 67.0 Å². The van der Waals surface area contributed by atoms with Crippen molar-refractivity contribution in [3.63, 3.8) is 0 Å². The van der Waals surface area contributed by atoms with Crippen LogP contribution in [0.15, 0.2) is 44.6 Å². The number of nitrogens with zero attached hydrogens (tertiary/aromatic N) is 3. The maximum absolute atomic E-state index is 12.7. The molecular formula is C24H26N4O3S2. The number of hydrogen-bond acceptors (Lipinski definition) is 6. The summed E-state index contributed by atoms with van der Waals surface area (Å²) < 4.78 is 2.50. The van der Waals surface area contributed by atoms with Crippen LogP contribution in [-0.2, 0) is 31.7 Å². The third-order valence-corrected chi connectivity index (χ3v) is 7.47. The Hall–Kier alpha value is -3.04. The van der Waals surface area contributed by atoms with Crippen molar-refractivity contribution in [1.29, 1.82) is 0 Å². The Bertz CT molecular complexity index is 1420. The van der Waals surface area contributed by atoms with Gasteiger partial charge < -0.3 is 5.32 Å². The zero-order valence-corrected chi connectivity index (χ0v) is 20.7. The predicted octanol–water partition coefficient (Wildman–Crippen LogP) is 4.19. The molecule has 4 aromatic rings. The number of amides is 1. The molecule has 0 saturated heterocycles. The molecule has 3 aromatic heterocycles. The van der Waals surface area contributed by atoms with Gasteiger partial charge in [-0.25, -0.2) is 9.78 Å². The summed E-state index contributed by atoms with van der Waals surface area (Å²) in [6.07, 6.45) is 2.26. The second kappa shape index (κ2) is 9.44. The fourth-order valence-electron chi connectivity index (χ4n) is 3.65. The van der Waals surface area contributed by atoms with Crippen molar-refractivity contribution in [2.45, 2.75) is 33.1 Å². The zero-order chi connectivity index (χ0) is 23.7. The molecule has 1 N–H and O–H groups in total. The molecule has 0 spiro atoms. The molecule has 4 rings (SSSR count). The number of anilines is 1. The first-order valence-electron chi connectivity index (χ1n) is 10.8. The number of thiophene rings is 1. The lowest BCUT2D eigenvalue weighted by Gasteiger charge is -2.05. The molecule has 0 fully saturated rings. The van der Waals surface area contributed by atoms with Crippen LogP contribution in [0.25, 0.3) is 21.5 Å². The van der Waals surface area contributed by atoms with Crippen LogP contribution in [-0.4, -0.2) is 20.0 Å². The van der Waals surface area contributed by atoms with Crippen LogP contribution in [0, 0.1) is 5.92 Å². The SMILES string of the molecule is CC(C)CCc1ccc(-c2csc(NC(=O)Cc3csc4c3c(=O)n(C)c(=O)n4C)n2)cc1. The minimum atomic E-state index is -0.384. The van der Waals surface area contributed by atoms with E-state index in [0.29, 0.717) is 26.8 Å². The summed E-state index contributed by atoms with van der Waals surface area (Å²) in [4.78, 5) is 42.5. The smallest absolute Gasteiger partial charge is 0.302 e. The standard InChI is InChI=1S/C24H26N4O3S2/c1-14(2)5-6-15-7-9-16(10-8-15)18-13-33-23(25-18)26-19(29)11-17-12-32-22-20(17)21(30)27(3)24(31)28(22)4/h7-10,12-14H,5-6,11H2,1-4H3,(H,25,26,29). The molecule has 0 unspecified atom stereocenters. The summed E-state index contributed by atoms with van der Waals surface area (Å²) in [5.74, 6) is 0.423. The minimum absolute atomic E-state index is 0.0346. The zero-order valence-electron chi connectivity index (χ0n) is 19.0. The van der Waals surface area contributed by atoms with Crippen LogP contribution < -0.4 is 16.6 Å². The van der Waals surface area contributed by atoms with E-state index in [-0.39, 0.29) is 23.6 Å². The van der Waals surface area contributed by atoms with Gasteiger partial charge in [0.15, 0.2) is 5.13 Å². The van der Waals surface area contributed by atoms with Crippen molar-refractivity contribution in [1.82, 2.24) is 14.1 Å². The first-order chi connectivity index (χ1) is 15.7. The van der Waals surface area contributed by atoms with Gasteiger partial charge in [0.1, 0.15) is 4.83 Å². The number of thiazole rings is 1. The average molecular weight is 483 g/mol. The van der Waals surface area contributed by atoms with Gasteiger partial charge >= 0.3 is 5.69 Å². The molecule has 0 bridgehead atoms. The molecule has 0 atom stereocenters. The number of carbonyl (C=O) groups is 1. The fraction of sp³-hybridized carbons (Fsp3) is 0.333. The monoisotopic (exact) mass is 482 g/mol. The molecule has 7 nitrogen and oxygen atoms in total. The summed E-state index contributed by atoms with van der Waals surface area (Å²) in [5.41, 5.74) is 2.98. The number of nitrogens with one attached hydrogen (secondary N) is 1. The van der Waals surface area contributed by atoms with Crippen LogP contribution >= 0.6 is 22.7 Å². The van der Waals surface area contributed by atoms with Crippen molar-refractivity contribution < 1.29 is 4.79 Å². The van der Waals surface area contributed by atoms with E-state index >= 15 is 0 Å². The fourth-order valence-corrected chi connectivity index (χ4v) is 5.42. The molecular weight excluding hydrogens is 456 g/mol. The van der Waals surface area contributed by atoms with Gasteiger partial charge in [-0.3, -0.25) is 18.7 Å². The highest BCUT2D eigenvalue weighted by Crippen LogP contribution is 2.26. The largest absolute Gasteiger partial charge is 0.331 e. The Labute approximate surface area is 199 Å². The van der Waals surface area contributed by atoms with Gasteiger partial charge in [-0.2, -0.15) is 0 Å². The second-order valence-corrected chi connectivity index (χ2v) is 10.3. The van der Waals surface area contributed by atoms with E-state index in [9.17, 15) is 14.4 Å². The normalized spacial score (nSPS) is 11.4. The van der Waals surface area contributed by atoms with Crippen molar-refractivity contribution in [3.8, 4) is 11.3 Å². The summed E-state index contributed by atoms with van der Waals surface area (Å²) in [5, 5.41) is 7.45. The Morgan fingerprint density at radius 1 is 1.06 bits per heavy atom. The van der Waals surface area contributed by atoms with E-state index in [0.717, 1.165) is 28.7 Å². The van der Waals surface area contributed by atoms with E-state index in [1.54, 1.807) is 12.4 Å². The number of benzene rings is 1. The summed E-state index contributed by atoms with van der Waals surface area (Å²) in [6.45, 7) is 4.45. The second-order valence-electron chi connectivity index (χ2n) is 8.54. The van der Waals surface area contributed by atoms with Gasteiger partial charge in [-0.05, 0) is 35.3 Å². The Kier molecular flexibility index (Phi) is 6.62. The van der Waals surface area contributed by atoms with Crippen molar-refractivity contribution >= 4 is 43.9 Å². The van der Waals surface area contributed by atoms with Gasteiger partial charge in [0.2, 0.25) is 5.91 Å². The third-order valence-electron chi connectivity index (χ3n) is 5.61. The number of aromatic nitrogens is 3. The minimum Gasteiger partial charge on any atom is -0.302 e. The van der Waals surface area contributed by atoms with Crippen LogP contribution in [0.5, 0.6) is 0 Å². The average Bonchev–Trinajstić information content (AvgIpc) is 3.42. The van der Waals surface area contributed by atoms with E-state index < -0.39 is 0 Å². The lowest BCUT2D eigenvalue weighted by molar-refractivity contribution is -0.115. The van der Waals surface area contributed by atoms with Crippen LogP contribution in [0.3, 0.4) is 0 Å². The summed E-state index contributed by atoms with van der Waals surface area (Å²) in [6, 6.07) is 8.39. The lowest BCUT2D eigenvalue weighted by Crippen LogP contribution is -2.36. The van der Waals surface area contributed by atoms with Gasteiger partial charge in [0, 0.05) is 25.0 Å². The van der Waals surface area contributed by atoms with E-state index in [1.165, 1.54) is 39.9 Å². The third kappa shape index (κ3) is 4.84. The first-order valence-corrected chi connectivity index (χ1v) is 12.5. The Morgan fingerprint density at radius 2 is 1.79 bits per heavy atom. The van der Waals surface area contributed by atoms with Crippen LogP contribution in [0.1, 0.15) is 31.4 Å². The molecule has 1 amide bonds. The number of hydrogen-bond donors (Lipinski definition) is 1. The molecule has 1 aromatic carbocycles. The van der Waals surface area contributed by atoms with Gasteiger partial charge in [0.05, 0.1) is 17.5 Å². The number of fused-ring (bicyclic) bond motifs is 1. The molecule has 0 aliphatic rings. The topological polar surface area (TPSA) is 86.0 Å². The van der Waals surface area contributed by atoms with Crippen LogP contribution in [0.4, 0.5) is 5.13 Å². The number of aryl methyl sites for hydroxylation is 2. The molecule has 172 valence electrons. The highest BCUT2D eigenvalue weighted by molar-refractivity contribution is 7.17. The van der Waals surface area contributed by atoms with Crippen molar-refractivity contribution in [2.24, 2.45) is 20.0 Å². The van der Waals surface area contributed by atoms with Gasteiger partial charge in [0.25, 0.3) is 5.56 Å². The number of rotatable bonds is 7. The van der Waals surface area contributed by atoms with Crippen LogP contribution in [0.2, 0.25) is 0 Å². The van der Waals surface area contributed by atoms with Crippen molar-refractivity contribution in [2.75, 3.05) is 5.32 Å². The molecule has 0 radical (unpaired) electrons.